The minimum Gasteiger partial charge on any atom is -0.494 e. The van der Waals surface area contributed by atoms with E-state index in [4.69, 9.17) is 4.74 Å². The Morgan fingerprint density at radius 2 is 2.00 bits per heavy atom. The lowest BCUT2D eigenvalue weighted by molar-refractivity contribution is 0.340. The van der Waals surface area contributed by atoms with E-state index in [2.05, 4.69) is 0 Å². The number of nitrogens with zero attached hydrogens (tertiary/aromatic N) is 1. The summed E-state index contributed by atoms with van der Waals surface area (Å²) in [7, 11) is -3.00. The molecule has 4 nitrogen and oxygen atoms in total. The van der Waals surface area contributed by atoms with E-state index < -0.39 is 10.0 Å². The Labute approximate surface area is 102 Å². The van der Waals surface area contributed by atoms with Crippen LogP contribution >= 0.6 is 0 Å². The molecule has 0 amide bonds. The van der Waals surface area contributed by atoms with Crippen LogP contribution in [0.5, 0.6) is 5.75 Å². The van der Waals surface area contributed by atoms with Gasteiger partial charge < -0.3 is 4.74 Å². The summed E-state index contributed by atoms with van der Waals surface area (Å²) in [5.74, 6) is 1.10. The van der Waals surface area contributed by atoms with E-state index in [0.717, 1.165) is 17.7 Å². The van der Waals surface area contributed by atoms with Crippen LogP contribution in [0.25, 0.3) is 0 Å². The fraction of sp³-hybridized carbons (Fsp3) is 0.500. The molecule has 0 unspecified atom stereocenters. The quantitative estimate of drug-likeness (QED) is 0.821. The number of benzene rings is 1. The van der Waals surface area contributed by atoms with Gasteiger partial charge in [0.2, 0.25) is 10.0 Å². The van der Waals surface area contributed by atoms with Gasteiger partial charge in [-0.25, -0.2) is 8.42 Å². The van der Waals surface area contributed by atoms with Crippen molar-refractivity contribution in [3.8, 4) is 5.75 Å². The van der Waals surface area contributed by atoms with Gasteiger partial charge in [-0.15, -0.1) is 0 Å². The van der Waals surface area contributed by atoms with Crippen LogP contribution < -0.4 is 4.74 Å². The maximum Gasteiger partial charge on any atom is 0.214 e. The summed E-state index contributed by atoms with van der Waals surface area (Å²) in [4.78, 5) is 0. The molecule has 1 heterocycles. The molecule has 5 heteroatoms. The number of hydrogen-bond acceptors (Lipinski definition) is 3. The van der Waals surface area contributed by atoms with Crippen LogP contribution in [0.1, 0.15) is 18.9 Å². The molecule has 1 aromatic carbocycles. The number of hydrogen-bond donors (Lipinski definition) is 0. The second-order valence-corrected chi connectivity index (χ2v) is 6.17. The van der Waals surface area contributed by atoms with Crippen LogP contribution in [-0.4, -0.2) is 31.6 Å². The first kappa shape index (κ1) is 12.4. The summed E-state index contributed by atoms with van der Waals surface area (Å²) < 4.78 is 30.2. The fourth-order valence-electron chi connectivity index (χ4n) is 1.93. The van der Waals surface area contributed by atoms with Gasteiger partial charge in [0, 0.05) is 13.1 Å². The lowest BCUT2D eigenvalue weighted by atomic mass is 10.2. The third-order valence-electron chi connectivity index (χ3n) is 2.80. The zero-order valence-corrected chi connectivity index (χ0v) is 10.7. The van der Waals surface area contributed by atoms with Crippen molar-refractivity contribution in [1.82, 2.24) is 4.31 Å². The van der Waals surface area contributed by atoms with Crippen LogP contribution in [-0.2, 0) is 16.6 Å². The predicted octanol–water partition coefficient (Wildman–Crippen LogP) is 1.62. The molecule has 1 fully saturated rings. The molecule has 0 atom stereocenters. The molecule has 1 aliphatic heterocycles. The van der Waals surface area contributed by atoms with E-state index in [0.29, 0.717) is 19.7 Å². The van der Waals surface area contributed by atoms with Crippen molar-refractivity contribution in [3.05, 3.63) is 29.8 Å². The fourth-order valence-corrected chi connectivity index (χ4v) is 3.44. The molecule has 0 N–H and O–H groups in total. The number of rotatable bonds is 4. The molecule has 0 saturated carbocycles. The van der Waals surface area contributed by atoms with Crippen LogP contribution in [0, 0.1) is 0 Å². The van der Waals surface area contributed by atoms with Gasteiger partial charge in [-0.2, -0.15) is 4.31 Å². The van der Waals surface area contributed by atoms with Gasteiger partial charge in [-0.05, 0) is 31.0 Å². The minimum absolute atomic E-state index is 0.282. The molecule has 1 aromatic rings. The molecular weight excluding hydrogens is 238 g/mol. The van der Waals surface area contributed by atoms with Gasteiger partial charge >= 0.3 is 0 Å². The molecule has 0 aliphatic carbocycles. The van der Waals surface area contributed by atoms with Crippen LogP contribution in [0.2, 0.25) is 0 Å². The monoisotopic (exact) mass is 255 g/mol. The third-order valence-corrected chi connectivity index (χ3v) is 4.70. The molecule has 0 aromatic heterocycles. The van der Waals surface area contributed by atoms with Gasteiger partial charge in [-0.3, -0.25) is 0 Å². The van der Waals surface area contributed by atoms with Crippen molar-refractivity contribution in [1.29, 1.82) is 0 Å². The summed E-state index contributed by atoms with van der Waals surface area (Å²) in [6.07, 6.45) is 0.735. The average Bonchev–Trinajstić information content (AvgIpc) is 2.62. The first-order chi connectivity index (χ1) is 8.12. The summed E-state index contributed by atoms with van der Waals surface area (Å²) in [6, 6.07) is 7.58. The van der Waals surface area contributed by atoms with Gasteiger partial charge in [0.15, 0.2) is 0 Å². The van der Waals surface area contributed by atoms with Gasteiger partial charge in [0.1, 0.15) is 5.75 Å². The number of ether oxygens (including phenoxy) is 1. The topological polar surface area (TPSA) is 46.6 Å². The van der Waals surface area contributed by atoms with Gasteiger partial charge in [-0.1, -0.05) is 12.1 Å². The number of sulfonamides is 1. The zero-order valence-electron chi connectivity index (χ0n) is 9.93. The molecule has 2 rings (SSSR count). The van der Waals surface area contributed by atoms with Crippen LogP contribution in [0.15, 0.2) is 24.3 Å². The molecular formula is C12H17NO3S. The smallest absolute Gasteiger partial charge is 0.214 e. The Morgan fingerprint density at radius 3 is 2.53 bits per heavy atom. The second-order valence-electron chi connectivity index (χ2n) is 4.08. The van der Waals surface area contributed by atoms with E-state index in [1.807, 2.05) is 31.2 Å². The highest BCUT2D eigenvalue weighted by Crippen LogP contribution is 2.19. The van der Waals surface area contributed by atoms with Crippen molar-refractivity contribution < 1.29 is 13.2 Å². The third kappa shape index (κ3) is 2.98. The van der Waals surface area contributed by atoms with Crippen molar-refractivity contribution >= 4 is 10.0 Å². The average molecular weight is 255 g/mol. The summed E-state index contributed by atoms with van der Waals surface area (Å²) in [5, 5.41) is 0. The van der Waals surface area contributed by atoms with Gasteiger partial charge in [0.25, 0.3) is 0 Å². The Balaban J connectivity index is 2.04. The molecule has 0 spiro atoms. The second kappa shape index (κ2) is 5.06. The lowest BCUT2D eigenvalue weighted by Gasteiger charge is -2.14. The summed E-state index contributed by atoms with van der Waals surface area (Å²) in [6.45, 7) is 3.68. The summed E-state index contributed by atoms with van der Waals surface area (Å²) in [5.41, 5.74) is 0.999. The maximum atomic E-state index is 11.6. The highest BCUT2D eigenvalue weighted by Gasteiger charge is 2.27. The SMILES string of the molecule is CCOc1ccc(CN2CCCS2(=O)=O)cc1. The molecule has 1 aliphatic rings. The van der Waals surface area contributed by atoms with Crippen LogP contribution in [0.4, 0.5) is 0 Å². The van der Waals surface area contributed by atoms with Crippen LogP contribution in [0.3, 0.4) is 0 Å². The Kier molecular flexibility index (Phi) is 3.69. The van der Waals surface area contributed by atoms with Gasteiger partial charge in [0.05, 0.1) is 12.4 Å². The zero-order chi connectivity index (χ0) is 12.3. The molecule has 0 bridgehead atoms. The normalized spacial score (nSPS) is 19.4. The molecule has 1 saturated heterocycles. The van der Waals surface area contributed by atoms with E-state index in [-0.39, 0.29) is 5.75 Å². The first-order valence-corrected chi connectivity index (χ1v) is 7.42. The standard InChI is InChI=1S/C12H17NO3S/c1-2-16-12-6-4-11(5-7-12)10-13-8-3-9-17(13,14)15/h4-7H,2-3,8-10H2,1H3. The largest absolute Gasteiger partial charge is 0.494 e. The van der Waals surface area contributed by atoms with E-state index in [1.54, 1.807) is 4.31 Å². The maximum absolute atomic E-state index is 11.6. The van der Waals surface area contributed by atoms with E-state index in [1.165, 1.54) is 0 Å². The van der Waals surface area contributed by atoms with Crippen molar-refractivity contribution in [2.24, 2.45) is 0 Å². The van der Waals surface area contributed by atoms with E-state index >= 15 is 0 Å². The Bertz CT molecular complexity index is 467. The van der Waals surface area contributed by atoms with Crippen molar-refractivity contribution in [3.63, 3.8) is 0 Å². The lowest BCUT2D eigenvalue weighted by Crippen LogP contribution is -2.25. The molecule has 0 radical (unpaired) electrons. The summed E-state index contributed by atoms with van der Waals surface area (Å²) >= 11 is 0. The Hall–Kier alpha value is -1.07. The highest BCUT2D eigenvalue weighted by molar-refractivity contribution is 7.89. The molecule has 94 valence electrons. The van der Waals surface area contributed by atoms with E-state index in [9.17, 15) is 8.42 Å². The Morgan fingerprint density at radius 1 is 1.29 bits per heavy atom. The first-order valence-electron chi connectivity index (χ1n) is 5.81. The predicted molar refractivity (Wildman–Crippen MR) is 66.4 cm³/mol. The van der Waals surface area contributed by atoms with Crippen molar-refractivity contribution in [2.75, 3.05) is 18.9 Å². The minimum atomic E-state index is -3.00. The highest BCUT2D eigenvalue weighted by atomic mass is 32.2. The van der Waals surface area contributed by atoms with Crippen molar-refractivity contribution in [2.45, 2.75) is 19.9 Å². The molecule has 17 heavy (non-hydrogen) atoms.